The Bertz CT molecular complexity index is 545. The monoisotopic (exact) mass is 285 g/mol. The summed E-state index contributed by atoms with van der Waals surface area (Å²) in [5, 5.41) is 0.925. The highest BCUT2D eigenvalue weighted by Gasteiger charge is 2.11. The highest BCUT2D eigenvalue weighted by molar-refractivity contribution is 9.10. The Morgan fingerprint density at radius 1 is 1.38 bits per heavy atom. The lowest BCUT2D eigenvalue weighted by atomic mass is 10.1. The van der Waals surface area contributed by atoms with Crippen molar-refractivity contribution in [3.8, 4) is 11.6 Å². The average Bonchev–Trinajstić information content (AvgIpc) is 2.30. The molecule has 5 heteroatoms. The average molecular weight is 286 g/mol. The van der Waals surface area contributed by atoms with Gasteiger partial charge in [-0.2, -0.15) is 0 Å². The van der Waals surface area contributed by atoms with Crippen molar-refractivity contribution in [3.05, 3.63) is 28.2 Å². The van der Waals surface area contributed by atoms with Crippen LogP contribution in [-0.4, -0.2) is 12.1 Å². The molecule has 0 bridgehead atoms. The zero-order chi connectivity index (χ0) is 11.7. The molecule has 16 heavy (non-hydrogen) atoms. The zero-order valence-electron chi connectivity index (χ0n) is 8.75. The van der Waals surface area contributed by atoms with Crippen LogP contribution in [0.1, 0.15) is 5.56 Å². The quantitative estimate of drug-likeness (QED) is 0.845. The number of methoxy groups -OCH3 is 1. The van der Waals surface area contributed by atoms with E-state index in [1.807, 2.05) is 19.1 Å². The first kappa shape index (κ1) is 11.1. The first-order chi connectivity index (χ1) is 7.67. The van der Waals surface area contributed by atoms with Crippen LogP contribution in [0.25, 0.3) is 10.9 Å². The number of rotatable bonds is 2. The molecule has 1 heterocycles. The molecular weight excluding hydrogens is 277 g/mol. The summed E-state index contributed by atoms with van der Waals surface area (Å²) in [6, 6.07) is 5.25. The van der Waals surface area contributed by atoms with Crippen molar-refractivity contribution in [2.24, 2.45) is 0 Å². The molecular formula is C11H9BrFNO2. The van der Waals surface area contributed by atoms with Gasteiger partial charge >= 0.3 is 0 Å². The molecule has 1 aromatic carbocycles. The third-order valence-electron chi connectivity index (χ3n) is 2.37. The van der Waals surface area contributed by atoms with E-state index in [1.54, 1.807) is 13.2 Å². The van der Waals surface area contributed by atoms with Gasteiger partial charge in [0.05, 0.1) is 17.1 Å². The molecule has 0 fully saturated rings. The number of hydrogen-bond acceptors (Lipinski definition) is 3. The van der Waals surface area contributed by atoms with E-state index in [0.717, 1.165) is 10.9 Å². The van der Waals surface area contributed by atoms with E-state index in [-0.39, 0.29) is 5.88 Å². The van der Waals surface area contributed by atoms with Crippen LogP contribution in [0.15, 0.2) is 22.7 Å². The highest BCUT2D eigenvalue weighted by atomic mass is 79.9. The first-order valence-electron chi connectivity index (χ1n) is 4.60. The maximum atomic E-state index is 12.1. The second-order valence-corrected chi connectivity index (χ2v) is 4.13. The molecule has 0 N–H and O–H groups in total. The van der Waals surface area contributed by atoms with Crippen molar-refractivity contribution in [2.75, 3.05) is 7.11 Å². The van der Waals surface area contributed by atoms with Crippen LogP contribution >= 0.6 is 15.9 Å². The number of hydrogen-bond donors (Lipinski definition) is 0. The highest BCUT2D eigenvalue weighted by Crippen LogP contribution is 2.34. The summed E-state index contributed by atoms with van der Waals surface area (Å²) in [6.45, 7) is 1.87. The lowest BCUT2D eigenvalue weighted by molar-refractivity contribution is -0.0115. The predicted molar refractivity (Wildman–Crippen MR) is 62.5 cm³/mol. The van der Waals surface area contributed by atoms with E-state index >= 15 is 0 Å². The molecule has 3 nitrogen and oxygen atoms in total. The number of aromatic nitrogens is 1. The van der Waals surface area contributed by atoms with Crippen LogP contribution in [0.5, 0.6) is 11.6 Å². The van der Waals surface area contributed by atoms with Crippen molar-refractivity contribution in [1.29, 1.82) is 0 Å². The summed E-state index contributed by atoms with van der Waals surface area (Å²) < 4.78 is 18.0. The van der Waals surface area contributed by atoms with E-state index < -0.39 is 0 Å². The Kier molecular flexibility index (Phi) is 2.96. The minimum atomic E-state index is -0.0565. The second kappa shape index (κ2) is 4.25. The summed E-state index contributed by atoms with van der Waals surface area (Å²) >= 11 is 3.37. The molecule has 0 aliphatic carbocycles. The van der Waals surface area contributed by atoms with Gasteiger partial charge in [0.1, 0.15) is 5.75 Å². The third-order valence-corrected chi connectivity index (χ3v) is 3.13. The van der Waals surface area contributed by atoms with Gasteiger partial charge in [-0.05, 0) is 40.5 Å². The van der Waals surface area contributed by atoms with Gasteiger partial charge < -0.3 is 4.74 Å². The molecule has 0 aliphatic rings. The maximum Gasteiger partial charge on any atom is 0.263 e. The predicted octanol–water partition coefficient (Wildman–Crippen LogP) is 3.58. The minimum Gasteiger partial charge on any atom is -0.495 e. The number of benzene rings is 1. The Hall–Kier alpha value is -1.36. The van der Waals surface area contributed by atoms with Crippen molar-refractivity contribution < 1.29 is 14.2 Å². The zero-order valence-corrected chi connectivity index (χ0v) is 10.3. The Morgan fingerprint density at radius 3 is 2.75 bits per heavy atom. The molecule has 0 unspecified atom stereocenters. The standard InChI is InChI=1S/C11H9BrFNO2/c1-6-5-9(16-13)14-11-7(6)3-4-8(15-2)10(11)12/h3-5H,1-2H3. The molecule has 0 saturated carbocycles. The molecule has 0 amide bonds. The summed E-state index contributed by atoms with van der Waals surface area (Å²) in [4.78, 5) is 7.70. The van der Waals surface area contributed by atoms with Crippen molar-refractivity contribution in [3.63, 3.8) is 0 Å². The van der Waals surface area contributed by atoms with Crippen LogP contribution in [0.3, 0.4) is 0 Å². The Morgan fingerprint density at radius 2 is 2.12 bits per heavy atom. The van der Waals surface area contributed by atoms with Gasteiger partial charge in [0.15, 0.2) is 0 Å². The van der Waals surface area contributed by atoms with Gasteiger partial charge in [-0.25, -0.2) is 4.98 Å². The third kappa shape index (κ3) is 1.71. The maximum absolute atomic E-state index is 12.1. The molecule has 0 saturated heterocycles. The van der Waals surface area contributed by atoms with Crippen LogP contribution < -0.4 is 9.68 Å². The fraction of sp³-hybridized carbons (Fsp3) is 0.182. The molecule has 1 aromatic heterocycles. The van der Waals surface area contributed by atoms with Gasteiger partial charge in [-0.3, -0.25) is 4.94 Å². The van der Waals surface area contributed by atoms with Crippen LogP contribution in [0, 0.1) is 6.92 Å². The van der Waals surface area contributed by atoms with E-state index in [1.165, 1.54) is 0 Å². The topological polar surface area (TPSA) is 31.4 Å². The molecule has 2 rings (SSSR count). The fourth-order valence-electron chi connectivity index (χ4n) is 1.58. The van der Waals surface area contributed by atoms with Crippen LogP contribution in [0.4, 0.5) is 4.53 Å². The number of nitrogens with zero attached hydrogens (tertiary/aromatic N) is 1. The number of aryl methyl sites for hydroxylation is 1. The number of fused-ring (bicyclic) bond motifs is 1. The normalized spacial score (nSPS) is 10.5. The van der Waals surface area contributed by atoms with Crippen molar-refractivity contribution in [1.82, 2.24) is 4.98 Å². The SMILES string of the molecule is COc1ccc2c(C)cc(OF)nc2c1Br. The molecule has 0 aliphatic heterocycles. The summed E-state index contributed by atoms with van der Waals surface area (Å²) in [6.07, 6.45) is 0. The van der Waals surface area contributed by atoms with Gasteiger partial charge in [0.25, 0.3) is 5.88 Å². The van der Waals surface area contributed by atoms with Crippen LogP contribution in [0.2, 0.25) is 0 Å². The lowest BCUT2D eigenvalue weighted by Crippen LogP contribution is -1.91. The van der Waals surface area contributed by atoms with E-state index in [4.69, 9.17) is 4.74 Å². The summed E-state index contributed by atoms with van der Waals surface area (Å²) in [7, 11) is 1.56. The van der Waals surface area contributed by atoms with E-state index in [0.29, 0.717) is 15.7 Å². The van der Waals surface area contributed by atoms with Crippen LogP contribution in [-0.2, 0) is 0 Å². The molecule has 84 valence electrons. The van der Waals surface area contributed by atoms with Gasteiger partial charge in [0, 0.05) is 16.0 Å². The summed E-state index contributed by atoms with van der Waals surface area (Å²) in [5.41, 5.74) is 1.51. The molecule has 2 aromatic rings. The van der Waals surface area contributed by atoms with Gasteiger partial charge in [0.2, 0.25) is 0 Å². The van der Waals surface area contributed by atoms with Gasteiger partial charge in [-0.15, -0.1) is 0 Å². The first-order valence-corrected chi connectivity index (χ1v) is 5.39. The van der Waals surface area contributed by atoms with Crippen molar-refractivity contribution in [2.45, 2.75) is 6.92 Å². The smallest absolute Gasteiger partial charge is 0.263 e. The number of pyridine rings is 1. The van der Waals surface area contributed by atoms with E-state index in [9.17, 15) is 4.53 Å². The Balaban J connectivity index is 2.80. The van der Waals surface area contributed by atoms with Crippen molar-refractivity contribution >= 4 is 26.8 Å². The molecule has 0 atom stereocenters. The molecule has 0 radical (unpaired) electrons. The second-order valence-electron chi connectivity index (χ2n) is 3.33. The molecule has 0 spiro atoms. The largest absolute Gasteiger partial charge is 0.495 e. The minimum absolute atomic E-state index is 0.0565. The van der Waals surface area contributed by atoms with Gasteiger partial charge in [-0.1, -0.05) is 0 Å². The number of halogens is 2. The number of ether oxygens (including phenoxy) is 1. The summed E-state index contributed by atoms with van der Waals surface area (Å²) in [5.74, 6) is 0.592. The lowest BCUT2D eigenvalue weighted by Gasteiger charge is -2.08. The Labute approximate surface area is 100 Å². The van der Waals surface area contributed by atoms with E-state index in [2.05, 4.69) is 25.9 Å². The fourth-order valence-corrected chi connectivity index (χ4v) is 2.17.